The van der Waals surface area contributed by atoms with E-state index < -0.39 is 0 Å². The van der Waals surface area contributed by atoms with Gasteiger partial charge in [0.1, 0.15) is 0 Å². The summed E-state index contributed by atoms with van der Waals surface area (Å²) in [7, 11) is 0. The van der Waals surface area contributed by atoms with Crippen LogP contribution in [-0.2, 0) is 12.8 Å². The van der Waals surface area contributed by atoms with Gasteiger partial charge in [-0.15, -0.1) is 0 Å². The fourth-order valence-electron chi connectivity index (χ4n) is 5.03. The van der Waals surface area contributed by atoms with Crippen LogP contribution in [0.1, 0.15) is 42.0 Å². The van der Waals surface area contributed by atoms with Crippen LogP contribution in [0.15, 0.2) is 48.5 Å². The number of hydrogen-bond donors (Lipinski definition) is 1. The van der Waals surface area contributed by atoms with Gasteiger partial charge in [-0.25, -0.2) is 0 Å². The third-order valence-corrected chi connectivity index (χ3v) is 6.86. The second-order valence-corrected chi connectivity index (χ2v) is 8.84. The van der Waals surface area contributed by atoms with Crippen molar-refractivity contribution >= 4 is 22.5 Å². The van der Waals surface area contributed by atoms with Gasteiger partial charge >= 0.3 is 0 Å². The number of aromatic amines is 1. The summed E-state index contributed by atoms with van der Waals surface area (Å²) in [4.78, 5) is 6.28. The van der Waals surface area contributed by atoms with Crippen LogP contribution in [0.2, 0.25) is 5.02 Å². The number of benzene rings is 2. The van der Waals surface area contributed by atoms with Gasteiger partial charge in [0.2, 0.25) is 0 Å². The van der Waals surface area contributed by atoms with Crippen LogP contribution in [0.5, 0.6) is 0 Å². The van der Waals surface area contributed by atoms with Crippen molar-refractivity contribution in [1.29, 1.82) is 0 Å². The van der Waals surface area contributed by atoms with E-state index in [0.29, 0.717) is 5.92 Å². The SMILES string of the molecule is Clc1ccc2cc(C3CCN(CCC4Cc5ccccc5C4)CC3)[nH]c2c1. The molecule has 27 heavy (non-hydrogen) atoms. The molecule has 1 aliphatic heterocycles. The molecule has 0 amide bonds. The molecule has 0 radical (unpaired) electrons. The molecule has 2 heterocycles. The van der Waals surface area contributed by atoms with Gasteiger partial charge in [0.25, 0.3) is 0 Å². The number of likely N-dealkylation sites (tertiary alicyclic amines) is 1. The predicted molar refractivity (Wildman–Crippen MR) is 114 cm³/mol. The number of nitrogens with zero attached hydrogens (tertiary/aromatic N) is 1. The average Bonchev–Trinajstić information content (AvgIpc) is 3.30. The summed E-state index contributed by atoms with van der Waals surface area (Å²) in [5.41, 5.74) is 5.72. The molecule has 0 spiro atoms. The molecule has 0 bridgehead atoms. The maximum absolute atomic E-state index is 6.12. The number of aromatic nitrogens is 1. The first-order valence-electron chi connectivity index (χ1n) is 10.3. The maximum atomic E-state index is 6.12. The van der Waals surface area contributed by atoms with Crippen molar-refractivity contribution in [2.24, 2.45) is 5.92 Å². The lowest BCUT2D eigenvalue weighted by Gasteiger charge is -2.32. The Morgan fingerprint density at radius 3 is 2.44 bits per heavy atom. The molecule has 0 unspecified atom stereocenters. The van der Waals surface area contributed by atoms with Gasteiger partial charge in [-0.3, -0.25) is 0 Å². The van der Waals surface area contributed by atoms with Crippen molar-refractivity contribution in [1.82, 2.24) is 9.88 Å². The number of rotatable bonds is 4. The van der Waals surface area contributed by atoms with Crippen molar-refractivity contribution in [3.05, 3.63) is 70.4 Å². The molecule has 3 heteroatoms. The maximum Gasteiger partial charge on any atom is 0.0471 e. The Bertz CT molecular complexity index is 911. The number of hydrogen-bond acceptors (Lipinski definition) is 1. The minimum absolute atomic E-state index is 0.656. The third-order valence-electron chi connectivity index (χ3n) is 6.62. The quantitative estimate of drug-likeness (QED) is 0.607. The number of fused-ring (bicyclic) bond motifs is 2. The van der Waals surface area contributed by atoms with Crippen LogP contribution in [-0.4, -0.2) is 29.5 Å². The van der Waals surface area contributed by atoms with E-state index in [4.69, 9.17) is 11.6 Å². The lowest BCUT2D eigenvalue weighted by Crippen LogP contribution is -2.34. The zero-order valence-electron chi connectivity index (χ0n) is 15.8. The molecule has 0 saturated carbocycles. The second kappa shape index (κ2) is 7.33. The lowest BCUT2D eigenvalue weighted by atomic mass is 9.93. The van der Waals surface area contributed by atoms with Crippen molar-refractivity contribution in [3.63, 3.8) is 0 Å². The molecule has 3 aromatic rings. The van der Waals surface area contributed by atoms with Crippen molar-refractivity contribution in [2.75, 3.05) is 19.6 Å². The molecule has 2 aliphatic rings. The summed E-state index contributed by atoms with van der Waals surface area (Å²) in [5.74, 6) is 1.50. The van der Waals surface area contributed by atoms with E-state index in [2.05, 4.69) is 46.3 Å². The number of halogens is 1. The Labute approximate surface area is 166 Å². The summed E-state index contributed by atoms with van der Waals surface area (Å²) in [6, 6.07) is 17.4. The van der Waals surface area contributed by atoms with E-state index >= 15 is 0 Å². The molecule has 140 valence electrons. The number of piperidine rings is 1. The van der Waals surface area contributed by atoms with E-state index in [-0.39, 0.29) is 0 Å². The van der Waals surface area contributed by atoms with Crippen molar-refractivity contribution < 1.29 is 0 Å². The zero-order valence-corrected chi connectivity index (χ0v) is 16.5. The summed E-state index contributed by atoms with van der Waals surface area (Å²) in [5, 5.41) is 2.08. The van der Waals surface area contributed by atoms with Crippen LogP contribution < -0.4 is 0 Å². The van der Waals surface area contributed by atoms with Crippen LogP contribution >= 0.6 is 11.6 Å². The van der Waals surface area contributed by atoms with E-state index in [9.17, 15) is 0 Å². The standard InChI is InChI=1S/C24H27ClN2/c25-22-6-5-21-15-23(26-24(21)16-22)18-8-11-27(12-9-18)10-7-17-13-19-3-1-2-4-20(19)14-17/h1-6,15-18,26H,7-14H2. The normalized spacial score (nSPS) is 19.0. The van der Waals surface area contributed by atoms with Gasteiger partial charge in [0.15, 0.2) is 0 Å². The summed E-state index contributed by atoms with van der Waals surface area (Å²) in [6.45, 7) is 3.70. The summed E-state index contributed by atoms with van der Waals surface area (Å²) < 4.78 is 0. The molecule has 0 atom stereocenters. The highest BCUT2D eigenvalue weighted by atomic mass is 35.5. The minimum atomic E-state index is 0.656. The van der Waals surface area contributed by atoms with Crippen molar-refractivity contribution in [3.8, 4) is 0 Å². The molecule has 1 N–H and O–H groups in total. The van der Waals surface area contributed by atoms with Gasteiger partial charge in [-0.1, -0.05) is 41.9 Å². The molecular weight excluding hydrogens is 352 g/mol. The van der Waals surface area contributed by atoms with Crippen LogP contribution in [0.3, 0.4) is 0 Å². The van der Waals surface area contributed by atoms with E-state index in [1.165, 1.54) is 68.3 Å². The predicted octanol–water partition coefficient (Wildman–Crippen LogP) is 5.81. The Balaban J connectivity index is 1.14. The molecule has 2 aromatic carbocycles. The second-order valence-electron chi connectivity index (χ2n) is 8.40. The van der Waals surface area contributed by atoms with Crippen molar-refractivity contribution in [2.45, 2.75) is 38.0 Å². The van der Waals surface area contributed by atoms with Gasteiger partial charge < -0.3 is 9.88 Å². The fraction of sp³-hybridized carbons (Fsp3) is 0.417. The highest BCUT2D eigenvalue weighted by molar-refractivity contribution is 6.31. The minimum Gasteiger partial charge on any atom is -0.358 e. The lowest BCUT2D eigenvalue weighted by molar-refractivity contribution is 0.198. The van der Waals surface area contributed by atoms with Crippen LogP contribution in [0.25, 0.3) is 10.9 Å². The van der Waals surface area contributed by atoms with Gasteiger partial charge in [0.05, 0.1) is 0 Å². The first-order chi connectivity index (χ1) is 13.2. The van der Waals surface area contributed by atoms with E-state index in [1.807, 2.05) is 12.1 Å². The monoisotopic (exact) mass is 378 g/mol. The number of H-pyrrole nitrogens is 1. The summed E-state index contributed by atoms with van der Waals surface area (Å²) in [6.07, 6.45) is 6.41. The highest BCUT2D eigenvalue weighted by Crippen LogP contribution is 2.32. The Morgan fingerprint density at radius 1 is 0.963 bits per heavy atom. The first-order valence-corrected chi connectivity index (χ1v) is 10.7. The fourth-order valence-corrected chi connectivity index (χ4v) is 5.20. The van der Waals surface area contributed by atoms with Gasteiger partial charge in [-0.2, -0.15) is 0 Å². The number of nitrogens with one attached hydrogen (secondary N) is 1. The Kier molecular flexibility index (Phi) is 4.71. The molecule has 5 rings (SSSR count). The Morgan fingerprint density at radius 2 is 1.70 bits per heavy atom. The molecule has 1 saturated heterocycles. The molecule has 1 fully saturated rings. The van der Waals surface area contributed by atoms with Crippen LogP contribution in [0, 0.1) is 5.92 Å². The van der Waals surface area contributed by atoms with Crippen LogP contribution in [0.4, 0.5) is 0 Å². The largest absolute Gasteiger partial charge is 0.358 e. The van der Waals surface area contributed by atoms with Gasteiger partial charge in [0, 0.05) is 22.2 Å². The highest BCUT2D eigenvalue weighted by Gasteiger charge is 2.24. The Hall–Kier alpha value is -1.77. The smallest absolute Gasteiger partial charge is 0.0471 e. The molecule has 1 aromatic heterocycles. The topological polar surface area (TPSA) is 19.0 Å². The molecule has 2 nitrogen and oxygen atoms in total. The third kappa shape index (κ3) is 3.66. The summed E-state index contributed by atoms with van der Waals surface area (Å²) >= 11 is 6.12. The molecular formula is C24H27ClN2. The zero-order chi connectivity index (χ0) is 18.2. The van der Waals surface area contributed by atoms with Gasteiger partial charge in [-0.05, 0) is 92.4 Å². The van der Waals surface area contributed by atoms with E-state index in [1.54, 1.807) is 11.1 Å². The van der Waals surface area contributed by atoms with E-state index in [0.717, 1.165) is 10.9 Å². The molecule has 1 aliphatic carbocycles. The average molecular weight is 379 g/mol. The first kappa shape index (κ1) is 17.3.